The van der Waals surface area contributed by atoms with E-state index in [9.17, 15) is 5.11 Å². The Morgan fingerprint density at radius 1 is 1.20 bits per heavy atom. The fraction of sp³-hybridized carbons (Fsp3) is 0.400. The van der Waals surface area contributed by atoms with Crippen molar-refractivity contribution in [2.75, 3.05) is 18.5 Å². The van der Waals surface area contributed by atoms with Crippen LogP contribution in [0.15, 0.2) is 36.7 Å². The van der Waals surface area contributed by atoms with E-state index in [1.807, 2.05) is 37.4 Å². The number of nitriles is 1. The van der Waals surface area contributed by atoms with Crippen molar-refractivity contribution in [1.29, 1.82) is 5.26 Å². The third kappa shape index (κ3) is 4.27. The first-order valence-electron chi connectivity index (χ1n) is 11.8. The molecule has 2 fully saturated rings. The van der Waals surface area contributed by atoms with E-state index in [0.717, 1.165) is 63.9 Å². The van der Waals surface area contributed by atoms with Crippen LogP contribution in [0.5, 0.6) is 0 Å². The lowest BCUT2D eigenvalue weighted by atomic mass is 9.80. The predicted octanol–water partition coefficient (Wildman–Crippen LogP) is 4.01. The Morgan fingerprint density at radius 2 is 2.03 bits per heavy atom. The first kappa shape index (κ1) is 22.1. The molecule has 0 spiro atoms. The summed E-state index contributed by atoms with van der Waals surface area (Å²) in [5, 5.41) is 38.3. The van der Waals surface area contributed by atoms with Gasteiger partial charge in [0.05, 0.1) is 59.1 Å². The number of hydrogen-bond donors (Lipinski definition) is 2. The van der Waals surface area contributed by atoms with Gasteiger partial charge < -0.3 is 15.2 Å². The summed E-state index contributed by atoms with van der Waals surface area (Å²) in [5.74, 6) is 0.335. The molecule has 2 N–H and O–H groups in total. The summed E-state index contributed by atoms with van der Waals surface area (Å²) in [7, 11) is 0. The number of ether oxygens (including phenoxy) is 1. The topological polar surface area (TPSA) is 121 Å². The van der Waals surface area contributed by atoms with Crippen LogP contribution in [0, 0.1) is 11.3 Å². The maximum atomic E-state index is 10.3. The molecule has 5 heterocycles. The molecule has 1 saturated carbocycles. The van der Waals surface area contributed by atoms with Gasteiger partial charge in [-0.05, 0) is 56.9 Å². The van der Waals surface area contributed by atoms with Gasteiger partial charge in [0.25, 0.3) is 0 Å². The lowest BCUT2D eigenvalue weighted by Gasteiger charge is -2.31. The van der Waals surface area contributed by atoms with Gasteiger partial charge in [-0.25, -0.2) is 4.52 Å². The smallest absolute Gasteiger partial charge is 0.151 e. The van der Waals surface area contributed by atoms with Gasteiger partial charge in [0.2, 0.25) is 0 Å². The standard InChI is InChI=1S/C25H25N7O2S/c1-25(33)6-4-16(5-7-25)23-30-31-24(35-23)19-12-27-21(9-20(19)29-17-13-34-14-17)22-3-2-18-8-15(10-26)11-28-32(18)22/h2-3,8-9,11-12,16-17,33H,4-7,13-14H2,1H3,(H,27,29)/t16-,25+. The molecule has 1 aliphatic heterocycles. The molecule has 9 nitrogen and oxygen atoms in total. The molecular formula is C25H25N7O2S. The summed E-state index contributed by atoms with van der Waals surface area (Å²) in [4.78, 5) is 4.75. The minimum absolute atomic E-state index is 0.234. The van der Waals surface area contributed by atoms with Crippen molar-refractivity contribution in [3.8, 4) is 28.0 Å². The third-order valence-corrected chi connectivity index (χ3v) is 8.00. The SMILES string of the molecule is C[C@]1(O)CC[C@@H](c2nnc(-c3cnc(-c4ccc5cc(C#N)cnn45)cc3NC3COC3)s2)CC1. The van der Waals surface area contributed by atoms with Gasteiger partial charge in [-0.1, -0.05) is 11.3 Å². The maximum absolute atomic E-state index is 10.3. The van der Waals surface area contributed by atoms with Crippen LogP contribution in [0.25, 0.3) is 27.5 Å². The second kappa shape index (κ2) is 8.68. The van der Waals surface area contributed by atoms with E-state index in [2.05, 4.69) is 26.7 Å². The van der Waals surface area contributed by atoms with Crippen molar-refractivity contribution in [1.82, 2.24) is 24.8 Å². The zero-order valence-corrected chi connectivity index (χ0v) is 20.1. The number of aliphatic hydroxyl groups is 1. The Kier molecular flexibility index (Phi) is 5.48. The molecule has 0 bridgehead atoms. The van der Waals surface area contributed by atoms with Crippen molar-refractivity contribution in [3.05, 3.63) is 47.2 Å². The second-order valence-corrected chi connectivity index (χ2v) is 10.6. The van der Waals surface area contributed by atoms with Crippen LogP contribution < -0.4 is 5.32 Å². The van der Waals surface area contributed by atoms with Crippen molar-refractivity contribution < 1.29 is 9.84 Å². The molecular weight excluding hydrogens is 462 g/mol. The first-order chi connectivity index (χ1) is 17.0. The molecule has 4 aromatic heterocycles. The Balaban J connectivity index is 1.34. The lowest BCUT2D eigenvalue weighted by Crippen LogP contribution is -2.40. The molecule has 4 aromatic rings. The molecule has 0 atom stereocenters. The van der Waals surface area contributed by atoms with Gasteiger partial charge in [-0.3, -0.25) is 4.98 Å². The fourth-order valence-electron chi connectivity index (χ4n) is 4.67. The number of fused-ring (bicyclic) bond motifs is 1. The first-order valence-corrected chi connectivity index (χ1v) is 12.6. The maximum Gasteiger partial charge on any atom is 0.151 e. The predicted molar refractivity (Wildman–Crippen MR) is 132 cm³/mol. The van der Waals surface area contributed by atoms with E-state index >= 15 is 0 Å². The molecule has 35 heavy (non-hydrogen) atoms. The minimum Gasteiger partial charge on any atom is -0.390 e. The number of hydrogen-bond acceptors (Lipinski definition) is 9. The van der Waals surface area contributed by atoms with E-state index in [1.165, 1.54) is 0 Å². The summed E-state index contributed by atoms with van der Waals surface area (Å²) in [6, 6.07) is 10.1. The highest BCUT2D eigenvalue weighted by Gasteiger charge is 2.31. The normalized spacial score (nSPS) is 22.6. The largest absolute Gasteiger partial charge is 0.390 e. The molecule has 6 rings (SSSR count). The van der Waals surface area contributed by atoms with Gasteiger partial charge in [0, 0.05) is 17.8 Å². The van der Waals surface area contributed by atoms with Crippen LogP contribution in [-0.2, 0) is 4.74 Å². The van der Waals surface area contributed by atoms with Gasteiger partial charge in [0.1, 0.15) is 11.1 Å². The second-order valence-electron chi connectivity index (χ2n) is 9.62. The van der Waals surface area contributed by atoms with E-state index < -0.39 is 5.60 Å². The average Bonchev–Trinajstić information content (AvgIpc) is 3.48. The molecule has 0 radical (unpaired) electrons. The fourth-order valence-corrected chi connectivity index (χ4v) is 5.71. The molecule has 178 valence electrons. The van der Waals surface area contributed by atoms with Crippen molar-refractivity contribution in [2.24, 2.45) is 0 Å². The molecule has 0 aromatic carbocycles. The monoisotopic (exact) mass is 487 g/mol. The summed E-state index contributed by atoms with van der Waals surface area (Å²) in [5.41, 5.74) is 4.25. The number of nitrogens with one attached hydrogen (secondary N) is 1. The zero-order valence-electron chi connectivity index (χ0n) is 19.3. The van der Waals surface area contributed by atoms with Crippen molar-refractivity contribution >= 4 is 22.5 Å². The van der Waals surface area contributed by atoms with Gasteiger partial charge >= 0.3 is 0 Å². The number of rotatable bonds is 5. The van der Waals surface area contributed by atoms with Crippen molar-refractivity contribution in [3.63, 3.8) is 0 Å². The molecule has 1 aliphatic carbocycles. The highest BCUT2D eigenvalue weighted by molar-refractivity contribution is 7.14. The van der Waals surface area contributed by atoms with Gasteiger partial charge in [0.15, 0.2) is 5.01 Å². The van der Waals surface area contributed by atoms with E-state index in [4.69, 9.17) is 15.0 Å². The van der Waals surface area contributed by atoms with Gasteiger partial charge in [-0.2, -0.15) is 10.4 Å². The van der Waals surface area contributed by atoms with Crippen LogP contribution in [0.2, 0.25) is 0 Å². The number of aromatic nitrogens is 5. The van der Waals surface area contributed by atoms with Crippen LogP contribution in [-0.4, -0.2) is 54.8 Å². The molecule has 0 amide bonds. The van der Waals surface area contributed by atoms with Crippen LogP contribution in [0.1, 0.15) is 49.1 Å². The Labute approximate surface area is 206 Å². The summed E-state index contributed by atoms with van der Waals surface area (Å²) in [6.45, 7) is 3.23. The van der Waals surface area contributed by atoms with Crippen molar-refractivity contribution in [2.45, 2.75) is 50.2 Å². The Hall–Kier alpha value is -3.39. The zero-order chi connectivity index (χ0) is 24.0. The van der Waals surface area contributed by atoms with Crippen LogP contribution >= 0.6 is 11.3 Å². The van der Waals surface area contributed by atoms with Gasteiger partial charge in [-0.15, -0.1) is 10.2 Å². The van der Waals surface area contributed by atoms with Crippen LogP contribution in [0.4, 0.5) is 5.69 Å². The van der Waals surface area contributed by atoms with Crippen LogP contribution in [0.3, 0.4) is 0 Å². The third-order valence-electron chi connectivity index (χ3n) is 6.88. The van der Waals surface area contributed by atoms with E-state index in [0.29, 0.717) is 24.7 Å². The molecule has 0 unspecified atom stereocenters. The number of anilines is 1. The average molecular weight is 488 g/mol. The highest BCUT2D eigenvalue weighted by atomic mass is 32.1. The van der Waals surface area contributed by atoms with E-state index in [-0.39, 0.29) is 6.04 Å². The molecule has 1 saturated heterocycles. The Morgan fingerprint density at radius 3 is 2.77 bits per heavy atom. The molecule has 10 heteroatoms. The summed E-state index contributed by atoms with van der Waals surface area (Å²) < 4.78 is 7.16. The minimum atomic E-state index is -0.570. The summed E-state index contributed by atoms with van der Waals surface area (Å²) in [6.07, 6.45) is 6.81. The lowest BCUT2D eigenvalue weighted by molar-refractivity contribution is 0.0171. The number of nitrogens with zero attached hydrogens (tertiary/aromatic N) is 6. The number of pyridine rings is 1. The summed E-state index contributed by atoms with van der Waals surface area (Å²) >= 11 is 1.61. The highest BCUT2D eigenvalue weighted by Crippen LogP contribution is 2.41. The quantitative estimate of drug-likeness (QED) is 0.433. The molecule has 2 aliphatic rings. The Bertz CT molecular complexity index is 1420. The van der Waals surface area contributed by atoms with E-state index in [1.54, 1.807) is 22.0 Å².